The van der Waals surface area contributed by atoms with E-state index in [4.69, 9.17) is 0 Å². The van der Waals surface area contributed by atoms with Crippen LogP contribution in [0.15, 0.2) is 6.20 Å². The maximum Gasteiger partial charge on any atom is 0.107 e. The average molecular weight is 264 g/mol. The van der Waals surface area contributed by atoms with Gasteiger partial charge in [-0.1, -0.05) is 13.8 Å². The van der Waals surface area contributed by atoms with E-state index in [1.54, 1.807) is 11.3 Å². The standard InChI is InChI=1S/C13H20N4S/c1-8(2)14-7-12-15-6-11(18-12)13-9(3)16-17(5)10(13)4/h6,8,14H,7H2,1-5H3. The minimum atomic E-state index is 0.485. The zero-order valence-electron chi connectivity index (χ0n) is 11.6. The van der Waals surface area contributed by atoms with E-state index in [-0.39, 0.29) is 0 Å². The van der Waals surface area contributed by atoms with Crippen LogP contribution in [0.2, 0.25) is 0 Å². The fourth-order valence-electron chi connectivity index (χ4n) is 1.93. The van der Waals surface area contributed by atoms with Gasteiger partial charge in [0, 0.05) is 37.1 Å². The third-order valence-electron chi connectivity index (χ3n) is 2.97. The van der Waals surface area contributed by atoms with Gasteiger partial charge in [0.15, 0.2) is 0 Å². The highest BCUT2D eigenvalue weighted by Crippen LogP contribution is 2.31. The SMILES string of the molecule is Cc1nn(C)c(C)c1-c1cnc(CNC(C)C)s1. The molecule has 0 saturated carbocycles. The summed E-state index contributed by atoms with van der Waals surface area (Å²) in [5.74, 6) is 0. The van der Waals surface area contributed by atoms with E-state index in [2.05, 4.69) is 36.2 Å². The van der Waals surface area contributed by atoms with Crippen LogP contribution in [0.5, 0.6) is 0 Å². The molecule has 2 aromatic heterocycles. The Hall–Kier alpha value is -1.20. The zero-order chi connectivity index (χ0) is 13.3. The Kier molecular flexibility index (Phi) is 3.82. The van der Waals surface area contributed by atoms with Crippen molar-refractivity contribution in [3.63, 3.8) is 0 Å². The van der Waals surface area contributed by atoms with Crippen molar-refractivity contribution in [1.29, 1.82) is 0 Å². The van der Waals surface area contributed by atoms with Gasteiger partial charge in [0.25, 0.3) is 0 Å². The van der Waals surface area contributed by atoms with Gasteiger partial charge < -0.3 is 5.32 Å². The van der Waals surface area contributed by atoms with Gasteiger partial charge in [0.05, 0.1) is 10.6 Å². The van der Waals surface area contributed by atoms with Crippen LogP contribution in [-0.4, -0.2) is 20.8 Å². The largest absolute Gasteiger partial charge is 0.308 e. The molecular weight excluding hydrogens is 244 g/mol. The summed E-state index contributed by atoms with van der Waals surface area (Å²) in [5.41, 5.74) is 3.49. The van der Waals surface area contributed by atoms with Crippen molar-refractivity contribution in [2.75, 3.05) is 0 Å². The first-order valence-electron chi connectivity index (χ1n) is 6.17. The number of rotatable bonds is 4. The Morgan fingerprint density at radius 3 is 2.67 bits per heavy atom. The van der Waals surface area contributed by atoms with Gasteiger partial charge in [-0.15, -0.1) is 11.3 Å². The van der Waals surface area contributed by atoms with E-state index in [0.29, 0.717) is 6.04 Å². The Bertz CT molecular complexity index is 539. The van der Waals surface area contributed by atoms with Crippen molar-refractivity contribution in [3.8, 4) is 10.4 Å². The molecule has 2 rings (SSSR count). The van der Waals surface area contributed by atoms with Crippen molar-refractivity contribution in [2.45, 2.75) is 40.3 Å². The molecule has 0 saturated heterocycles. The summed E-state index contributed by atoms with van der Waals surface area (Å²) in [4.78, 5) is 5.68. The Morgan fingerprint density at radius 1 is 1.39 bits per heavy atom. The first-order valence-corrected chi connectivity index (χ1v) is 6.99. The van der Waals surface area contributed by atoms with Crippen LogP contribution in [0.3, 0.4) is 0 Å². The number of hydrogen-bond donors (Lipinski definition) is 1. The van der Waals surface area contributed by atoms with E-state index < -0.39 is 0 Å². The van der Waals surface area contributed by atoms with Gasteiger partial charge in [0.1, 0.15) is 5.01 Å². The smallest absolute Gasteiger partial charge is 0.107 e. The quantitative estimate of drug-likeness (QED) is 0.923. The van der Waals surface area contributed by atoms with Crippen molar-refractivity contribution in [3.05, 3.63) is 22.6 Å². The van der Waals surface area contributed by atoms with Gasteiger partial charge >= 0.3 is 0 Å². The summed E-state index contributed by atoms with van der Waals surface area (Å²) in [6, 6.07) is 0.485. The molecule has 0 spiro atoms. The number of thiazole rings is 1. The molecule has 0 radical (unpaired) electrons. The fourth-order valence-corrected chi connectivity index (χ4v) is 2.95. The first kappa shape index (κ1) is 13.2. The predicted molar refractivity (Wildman–Crippen MR) is 75.8 cm³/mol. The Morgan fingerprint density at radius 2 is 2.11 bits per heavy atom. The Labute approximate surface area is 112 Å². The molecule has 2 heterocycles. The zero-order valence-corrected chi connectivity index (χ0v) is 12.4. The van der Waals surface area contributed by atoms with Crippen molar-refractivity contribution in [2.24, 2.45) is 7.05 Å². The second kappa shape index (κ2) is 5.20. The second-order valence-corrected chi connectivity index (χ2v) is 5.94. The summed E-state index contributed by atoms with van der Waals surface area (Å²) in [7, 11) is 1.98. The van der Waals surface area contributed by atoms with Crippen molar-refractivity contribution in [1.82, 2.24) is 20.1 Å². The summed E-state index contributed by atoms with van der Waals surface area (Å²) in [5, 5.41) is 8.96. The molecule has 0 aliphatic rings. The lowest BCUT2D eigenvalue weighted by atomic mass is 10.2. The van der Waals surface area contributed by atoms with Crippen LogP contribution in [0, 0.1) is 13.8 Å². The minimum absolute atomic E-state index is 0.485. The summed E-state index contributed by atoms with van der Waals surface area (Å²) < 4.78 is 1.93. The number of aryl methyl sites for hydroxylation is 2. The molecule has 0 aliphatic carbocycles. The van der Waals surface area contributed by atoms with E-state index in [1.165, 1.54) is 16.1 Å². The van der Waals surface area contributed by atoms with E-state index in [0.717, 1.165) is 17.2 Å². The fraction of sp³-hybridized carbons (Fsp3) is 0.538. The highest BCUT2D eigenvalue weighted by atomic mass is 32.1. The van der Waals surface area contributed by atoms with Gasteiger partial charge in [-0.25, -0.2) is 4.98 Å². The molecule has 18 heavy (non-hydrogen) atoms. The minimum Gasteiger partial charge on any atom is -0.308 e. The molecule has 0 unspecified atom stereocenters. The monoisotopic (exact) mass is 264 g/mol. The molecule has 5 heteroatoms. The average Bonchev–Trinajstić information content (AvgIpc) is 2.83. The van der Waals surface area contributed by atoms with E-state index >= 15 is 0 Å². The molecule has 1 N–H and O–H groups in total. The maximum absolute atomic E-state index is 4.47. The summed E-state index contributed by atoms with van der Waals surface area (Å²) in [6.45, 7) is 9.27. The van der Waals surface area contributed by atoms with Crippen LogP contribution in [-0.2, 0) is 13.6 Å². The van der Waals surface area contributed by atoms with Gasteiger partial charge in [-0.3, -0.25) is 4.68 Å². The summed E-state index contributed by atoms with van der Waals surface area (Å²) >= 11 is 1.74. The molecule has 2 aromatic rings. The maximum atomic E-state index is 4.47. The van der Waals surface area contributed by atoms with Crippen molar-refractivity contribution >= 4 is 11.3 Å². The molecule has 98 valence electrons. The normalized spacial score (nSPS) is 11.4. The van der Waals surface area contributed by atoms with Crippen LogP contribution >= 0.6 is 11.3 Å². The Balaban J connectivity index is 2.24. The highest BCUT2D eigenvalue weighted by Gasteiger charge is 2.14. The summed E-state index contributed by atoms with van der Waals surface area (Å²) in [6.07, 6.45) is 1.96. The van der Waals surface area contributed by atoms with Crippen molar-refractivity contribution < 1.29 is 0 Å². The second-order valence-electron chi connectivity index (χ2n) is 4.82. The first-order chi connectivity index (χ1) is 8.49. The lowest BCUT2D eigenvalue weighted by molar-refractivity contribution is 0.587. The number of nitrogens with one attached hydrogen (secondary N) is 1. The molecule has 0 aliphatic heterocycles. The number of hydrogen-bond acceptors (Lipinski definition) is 4. The third kappa shape index (κ3) is 2.62. The molecule has 0 fully saturated rings. The third-order valence-corrected chi connectivity index (χ3v) is 3.99. The number of aromatic nitrogens is 3. The van der Waals surface area contributed by atoms with Crippen LogP contribution < -0.4 is 5.32 Å². The molecule has 0 aromatic carbocycles. The molecule has 4 nitrogen and oxygen atoms in total. The predicted octanol–water partition coefficient (Wildman–Crippen LogP) is 2.66. The number of nitrogens with zero attached hydrogens (tertiary/aromatic N) is 3. The molecule has 0 amide bonds. The van der Waals surface area contributed by atoms with E-state index in [9.17, 15) is 0 Å². The topological polar surface area (TPSA) is 42.7 Å². The van der Waals surface area contributed by atoms with Gasteiger partial charge in [0.2, 0.25) is 0 Å². The molecular formula is C13H20N4S. The van der Waals surface area contributed by atoms with E-state index in [1.807, 2.05) is 24.9 Å². The van der Waals surface area contributed by atoms with Gasteiger partial charge in [-0.2, -0.15) is 5.10 Å². The van der Waals surface area contributed by atoms with Crippen LogP contribution in [0.1, 0.15) is 30.2 Å². The van der Waals surface area contributed by atoms with Crippen LogP contribution in [0.4, 0.5) is 0 Å². The molecule has 0 bridgehead atoms. The highest BCUT2D eigenvalue weighted by molar-refractivity contribution is 7.15. The van der Waals surface area contributed by atoms with Gasteiger partial charge in [-0.05, 0) is 13.8 Å². The van der Waals surface area contributed by atoms with Crippen LogP contribution in [0.25, 0.3) is 10.4 Å². The molecule has 0 atom stereocenters. The lowest BCUT2D eigenvalue weighted by Gasteiger charge is -2.04. The lowest BCUT2D eigenvalue weighted by Crippen LogP contribution is -2.21.